The lowest BCUT2D eigenvalue weighted by atomic mass is 10.1. The molecule has 0 bridgehead atoms. The minimum Gasteiger partial charge on any atom is -0.357 e. The quantitative estimate of drug-likeness (QED) is 0.540. The third-order valence-corrected chi connectivity index (χ3v) is 7.15. The molecule has 0 saturated heterocycles. The molecule has 32 heavy (non-hydrogen) atoms. The van der Waals surface area contributed by atoms with Crippen LogP contribution in [-0.2, 0) is 26.3 Å². The second-order valence-corrected chi connectivity index (χ2v) is 10.2. The Morgan fingerprint density at radius 3 is 2.22 bits per heavy atom. The first-order valence-corrected chi connectivity index (χ1v) is 11.9. The SMILES string of the molecule is CNC(=O)[C@H](C)N(Cc1ccc(Br)cc1)C(=O)CN(c1ccccc1F)S(=O)(=O)N(C)C. The second kappa shape index (κ2) is 10.9. The van der Waals surface area contributed by atoms with E-state index in [0.717, 1.165) is 20.4 Å². The van der Waals surface area contributed by atoms with Gasteiger partial charge in [-0.05, 0) is 36.8 Å². The molecular formula is C21H26BrFN4O4S. The first kappa shape index (κ1) is 25.8. The molecule has 0 saturated carbocycles. The number of hydrogen-bond donors (Lipinski definition) is 1. The summed E-state index contributed by atoms with van der Waals surface area (Å²) in [6, 6.07) is 11.6. The van der Waals surface area contributed by atoms with E-state index in [1.54, 1.807) is 31.2 Å². The molecule has 1 N–H and O–H groups in total. The predicted octanol–water partition coefficient (Wildman–Crippen LogP) is 2.36. The lowest BCUT2D eigenvalue weighted by Crippen LogP contribution is -2.52. The summed E-state index contributed by atoms with van der Waals surface area (Å²) < 4.78 is 42.8. The molecular weight excluding hydrogens is 503 g/mol. The number of nitrogens with zero attached hydrogens (tertiary/aromatic N) is 3. The summed E-state index contributed by atoms with van der Waals surface area (Å²) in [5.41, 5.74) is 0.482. The van der Waals surface area contributed by atoms with Crippen LogP contribution < -0.4 is 9.62 Å². The molecule has 8 nitrogen and oxygen atoms in total. The minimum atomic E-state index is -4.20. The Bertz CT molecular complexity index is 1060. The van der Waals surface area contributed by atoms with Crippen molar-refractivity contribution in [2.45, 2.75) is 19.5 Å². The maximum Gasteiger partial charge on any atom is 0.304 e. The first-order valence-electron chi connectivity index (χ1n) is 9.69. The van der Waals surface area contributed by atoms with Crippen molar-refractivity contribution in [2.75, 3.05) is 32.0 Å². The van der Waals surface area contributed by atoms with Crippen molar-refractivity contribution in [1.82, 2.24) is 14.5 Å². The van der Waals surface area contributed by atoms with Crippen molar-refractivity contribution < 1.29 is 22.4 Å². The Morgan fingerprint density at radius 1 is 1.09 bits per heavy atom. The Morgan fingerprint density at radius 2 is 1.69 bits per heavy atom. The van der Waals surface area contributed by atoms with Crippen LogP contribution in [0, 0.1) is 5.82 Å². The van der Waals surface area contributed by atoms with Crippen LogP contribution in [0.3, 0.4) is 0 Å². The Kier molecular flexibility index (Phi) is 8.76. The van der Waals surface area contributed by atoms with Crippen LogP contribution in [0.4, 0.5) is 10.1 Å². The van der Waals surface area contributed by atoms with Crippen LogP contribution in [0.2, 0.25) is 0 Å². The zero-order chi connectivity index (χ0) is 24.1. The highest BCUT2D eigenvalue weighted by molar-refractivity contribution is 9.10. The van der Waals surface area contributed by atoms with E-state index in [4.69, 9.17) is 0 Å². The van der Waals surface area contributed by atoms with Crippen molar-refractivity contribution in [1.29, 1.82) is 0 Å². The average Bonchev–Trinajstić information content (AvgIpc) is 2.76. The monoisotopic (exact) mass is 528 g/mol. The molecule has 174 valence electrons. The summed E-state index contributed by atoms with van der Waals surface area (Å²) >= 11 is 3.35. The van der Waals surface area contributed by atoms with Gasteiger partial charge in [-0.15, -0.1) is 0 Å². The van der Waals surface area contributed by atoms with Crippen molar-refractivity contribution in [3.8, 4) is 0 Å². The lowest BCUT2D eigenvalue weighted by molar-refractivity contribution is -0.139. The summed E-state index contributed by atoms with van der Waals surface area (Å²) in [6.45, 7) is 0.927. The molecule has 0 heterocycles. The van der Waals surface area contributed by atoms with Gasteiger partial charge in [0.05, 0.1) is 5.69 Å². The molecule has 0 aliphatic heterocycles. The topological polar surface area (TPSA) is 90.0 Å². The standard InChI is InChI=1S/C21H26BrFN4O4S/c1-15(21(29)24-2)26(13-16-9-11-17(22)12-10-16)20(28)14-27(32(30,31)25(3)4)19-8-6-5-7-18(19)23/h5-12,15H,13-14H2,1-4H3,(H,24,29)/t15-/m0/s1. The highest BCUT2D eigenvalue weighted by atomic mass is 79.9. The van der Waals surface area contributed by atoms with E-state index in [-0.39, 0.29) is 12.2 Å². The van der Waals surface area contributed by atoms with Gasteiger partial charge in [0.1, 0.15) is 18.4 Å². The number of benzene rings is 2. The molecule has 0 fully saturated rings. The summed E-state index contributed by atoms with van der Waals surface area (Å²) in [5, 5.41) is 2.50. The van der Waals surface area contributed by atoms with Gasteiger partial charge in [-0.2, -0.15) is 12.7 Å². The molecule has 0 unspecified atom stereocenters. The van der Waals surface area contributed by atoms with Crippen molar-refractivity contribution >= 4 is 43.6 Å². The van der Waals surface area contributed by atoms with Crippen molar-refractivity contribution in [3.63, 3.8) is 0 Å². The molecule has 0 aliphatic carbocycles. The third kappa shape index (κ3) is 6.05. The molecule has 11 heteroatoms. The molecule has 0 spiro atoms. The number of hydrogen-bond acceptors (Lipinski definition) is 4. The molecule has 2 rings (SSSR count). The molecule has 0 aliphatic rings. The third-order valence-electron chi connectivity index (χ3n) is 4.82. The number of rotatable bonds is 9. The number of carbonyl (C=O) groups excluding carboxylic acids is 2. The van der Waals surface area contributed by atoms with Crippen LogP contribution in [-0.4, -0.2) is 63.2 Å². The summed E-state index contributed by atoms with van der Waals surface area (Å²) in [6.07, 6.45) is 0. The van der Waals surface area contributed by atoms with Gasteiger partial charge in [0.15, 0.2) is 0 Å². The zero-order valence-corrected chi connectivity index (χ0v) is 20.7. The minimum absolute atomic E-state index is 0.0633. The van der Waals surface area contributed by atoms with Crippen molar-refractivity contribution in [3.05, 3.63) is 64.4 Å². The van der Waals surface area contributed by atoms with Crippen molar-refractivity contribution in [2.24, 2.45) is 0 Å². The Balaban J connectivity index is 2.45. The first-order chi connectivity index (χ1) is 15.0. The van der Waals surface area contributed by atoms with Gasteiger partial charge in [-0.25, -0.2) is 8.70 Å². The van der Waals surface area contributed by atoms with E-state index in [0.29, 0.717) is 4.31 Å². The smallest absolute Gasteiger partial charge is 0.304 e. The molecule has 0 radical (unpaired) electrons. The highest BCUT2D eigenvalue weighted by Gasteiger charge is 2.33. The summed E-state index contributed by atoms with van der Waals surface area (Å²) in [5.74, 6) is -1.86. The van der Waals surface area contributed by atoms with Gasteiger partial charge >= 0.3 is 10.2 Å². The number of likely N-dealkylation sites (N-methyl/N-ethyl adjacent to an activating group) is 1. The maximum atomic E-state index is 14.5. The number of halogens is 2. The molecule has 0 aromatic heterocycles. The van der Waals surface area contributed by atoms with E-state index in [2.05, 4.69) is 21.2 Å². The summed E-state index contributed by atoms with van der Waals surface area (Å²) in [4.78, 5) is 26.9. The Hall–Kier alpha value is -2.50. The zero-order valence-electron chi connectivity index (χ0n) is 18.2. The number of para-hydroxylation sites is 1. The van der Waals surface area contributed by atoms with Gasteiger partial charge in [0, 0.05) is 32.2 Å². The van der Waals surface area contributed by atoms with Gasteiger partial charge < -0.3 is 10.2 Å². The van der Waals surface area contributed by atoms with Crippen LogP contribution in [0.15, 0.2) is 53.0 Å². The number of anilines is 1. The highest BCUT2D eigenvalue weighted by Crippen LogP contribution is 2.24. The second-order valence-electron chi connectivity index (χ2n) is 7.19. The van der Waals surface area contributed by atoms with E-state index in [1.165, 1.54) is 44.2 Å². The van der Waals surface area contributed by atoms with Gasteiger partial charge in [-0.3, -0.25) is 9.59 Å². The fourth-order valence-corrected chi connectivity index (χ4v) is 4.26. The van der Waals surface area contributed by atoms with Gasteiger partial charge in [0.2, 0.25) is 11.8 Å². The maximum absolute atomic E-state index is 14.5. The summed E-state index contributed by atoms with van der Waals surface area (Å²) in [7, 11) is -0.169. The number of nitrogens with one attached hydrogen (secondary N) is 1. The van der Waals surface area contributed by atoms with E-state index < -0.39 is 40.4 Å². The van der Waals surface area contributed by atoms with Crippen LogP contribution in [0.5, 0.6) is 0 Å². The van der Waals surface area contributed by atoms with Crippen LogP contribution >= 0.6 is 15.9 Å². The largest absolute Gasteiger partial charge is 0.357 e. The lowest BCUT2D eigenvalue weighted by Gasteiger charge is -2.32. The van der Waals surface area contributed by atoms with E-state index in [1.807, 2.05) is 0 Å². The fraction of sp³-hybridized carbons (Fsp3) is 0.333. The molecule has 2 aromatic carbocycles. The number of amides is 2. The predicted molar refractivity (Wildman–Crippen MR) is 125 cm³/mol. The van der Waals surface area contributed by atoms with Gasteiger partial charge in [0.25, 0.3) is 0 Å². The van der Waals surface area contributed by atoms with Crippen LogP contribution in [0.25, 0.3) is 0 Å². The van der Waals surface area contributed by atoms with E-state index >= 15 is 0 Å². The Labute approximate surface area is 196 Å². The molecule has 2 amide bonds. The fourth-order valence-electron chi connectivity index (χ4n) is 2.93. The van der Waals surface area contributed by atoms with E-state index in [9.17, 15) is 22.4 Å². The normalized spacial score (nSPS) is 12.3. The molecule has 1 atom stereocenters. The molecule has 2 aromatic rings. The number of carbonyl (C=O) groups is 2. The van der Waals surface area contributed by atoms with Gasteiger partial charge in [-0.1, -0.05) is 40.2 Å². The average molecular weight is 529 g/mol. The van der Waals surface area contributed by atoms with Crippen LogP contribution in [0.1, 0.15) is 12.5 Å².